The third kappa shape index (κ3) is 1.93. The Kier molecular flexibility index (Phi) is 3.26. The highest BCUT2D eigenvalue weighted by atomic mass is 16.6. The van der Waals surface area contributed by atoms with Gasteiger partial charge < -0.3 is 9.84 Å². The van der Waals surface area contributed by atoms with E-state index in [1.54, 1.807) is 0 Å². The van der Waals surface area contributed by atoms with Crippen LogP contribution in [-0.2, 0) is 14.3 Å². The van der Waals surface area contributed by atoms with E-state index in [0.717, 1.165) is 25.7 Å². The van der Waals surface area contributed by atoms with E-state index < -0.39 is 0 Å². The van der Waals surface area contributed by atoms with Crippen LogP contribution < -0.4 is 0 Å². The number of carbonyl (C=O) groups excluding carboxylic acids is 2. The van der Waals surface area contributed by atoms with E-state index in [9.17, 15) is 14.7 Å². The summed E-state index contributed by atoms with van der Waals surface area (Å²) in [5.41, 5.74) is 1.17. The van der Waals surface area contributed by atoms with Crippen molar-refractivity contribution in [3.05, 3.63) is 11.6 Å². The van der Waals surface area contributed by atoms with Crippen LogP contribution in [-0.4, -0.2) is 29.1 Å². The molecule has 0 radical (unpaired) electrons. The average Bonchev–Trinajstić information content (AvgIpc) is 3.29. The van der Waals surface area contributed by atoms with Crippen LogP contribution in [0.1, 0.15) is 58.3 Å². The summed E-state index contributed by atoms with van der Waals surface area (Å²) in [6.07, 6.45) is 9.63. The number of ether oxygens (including phenoxy) is 1. The van der Waals surface area contributed by atoms with Crippen molar-refractivity contribution in [1.29, 1.82) is 0 Å². The topological polar surface area (TPSA) is 63.6 Å². The van der Waals surface area contributed by atoms with Gasteiger partial charge in [0.1, 0.15) is 5.60 Å². The summed E-state index contributed by atoms with van der Waals surface area (Å²) in [6, 6.07) is 0. The number of fused-ring (bicyclic) bond motifs is 9. The lowest BCUT2D eigenvalue weighted by Gasteiger charge is -2.58. The fourth-order valence-corrected chi connectivity index (χ4v) is 8.87. The number of aliphatic hydroxyl groups excluding tert-OH is 1. The van der Waals surface area contributed by atoms with Gasteiger partial charge in [0.25, 0.3) is 0 Å². The Balaban J connectivity index is 1.39. The first-order valence-corrected chi connectivity index (χ1v) is 11.1. The number of hydrogen-bond acceptors (Lipinski definition) is 4. The van der Waals surface area contributed by atoms with E-state index in [2.05, 4.69) is 6.92 Å². The summed E-state index contributed by atoms with van der Waals surface area (Å²) in [4.78, 5) is 24.1. The molecule has 0 amide bonds. The molecule has 27 heavy (non-hydrogen) atoms. The summed E-state index contributed by atoms with van der Waals surface area (Å²) in [6.45, 7) is 2.58. The van der Waals surface area contributed by atoms with Crippen molar-refractivity contribution in [3.63, 3.8) is 0 Å². The first kappa shape index (κ1) is 16.8. The van der Waals surface area contributed by atoms with E-state index in [0.29, 0.717) is 48.3 Å². The lowest BCUT2D eigenvalue weighted by molar-refractivity contribution is -0.175. The maximum Gasteiger partial charge on any atom is 0.306 e. The Bertz CT molecular complexity index is 755. The Morgan fingerprint density at radius 3 is 2.70 bits per heavy atom. The van der Waals surface area contributed by atoms with Gasteiger partial charge in [0, 0.05) is 36.7 Å². The van der Waals surface area contributed by atoms with Crippen molar-refractivity contribution >= 4 is 11.8 Å². The molecule has 4 saturated carbocycles. The number of rotatable bonds is 1. The van der Waals surface area contributed by atoms with Crippen LogP contribution >= 0.6 is 0 Å². The van der Waals surface area contributed by atoms with Crippen LogP contribution in [0.3, 0.4) is 0 Å². The minimum atomic E-state index is -0.197. The van der Waals surface area contributed by atoms with Crippen molar-refractivity contribution < 1.29 is 19.4 Å². The molecule has 5 aliphatic carbocycles. The van der Waals surface area contributed by atoms with Gasteiger partial charge in [-0.1, -0.05) is 12.5 Å². The minimum absolute atomic E-state index is 0.0116. The quantitative estimate of drug-likeness (QED) is 0.720. The smallest absolute Gasteiger partial charge is 0.306 e. The van der Waals surface area contributed by atoms with Crippen LogP contribution in [0.2, 0.25) is 0 Å². The molecule has 1 spiro atoms. The lowest BCUT2D eigenvalue weighted by Crippen LogP contribution is -2.56. The zero-order valence-corrected chi connectivity index (χ0v) is 16.2. The Labute approximate surface area is 160 Å². The molecule has 6 aliphatic rings. The van der Waals surface area contributed by atoms with Gasteiger partial charge in [0.05, 0.1) is 0 Å². The second-order valence-corrected chi connectivity index (χ2v) is 10.6. The van der Waals surface area contributed by atoms with Crippen molar-refractivity contribution in [3.8, 4) is 0 Å². The van der Waals surface area contributed by atoms with Gasteiger partial charge in [-0.3, -0.25) is 9.59 Å². The van der Waals surface area contributed by atoms with Crippen molar-refractivity contribution in [2.75, 3.05) is 6.61 Å². The van der Waals surface area contributed by atoms with Crippen LogP contribution in [0.25, 0.3) is 0 Å². The molecule has 4 heteroatoms. The van der Waals surface area contributed by atoms with Gasteiger partial charge in [-0.2, -0.15) is 0 Å². The summed E-state index contributed by atoms with van der Waals surface area (Å²) < 4.78 is 6.15. The normalized spacial score (nSPS) is 55.3. The highest BCUT2D eigenvalue weighted by Crippen LogP contribution is 2.78. The maximum atomic E-state index is 12.1. The van der Waals surface area contributed by atoms with Gasteiger partial charge in [0.2, 0.25) is 0 Å². The summed E-state index contributed by atoms with van der Waals surface area (Å²) in [5.74, 6) is 4.09. The fourth-order valence-electron chi connectivity index (χ4n) is 8.87. The average molecular weight is 370 g/mol. The van der Waals surface area contributed by atoms with E-state index in [-0.39, 0.29) is 35.3 Å². The summed E-state index contributed by atoms with van der Waals surface area (Å²) in [7, 11) is 0. The summed E-state index contributed by atoms with van der Waals surface area (Å²) >= 11 is 0. The zero-order chi connectivity index (χ0) is 18.6. The monoisotopic (exact) mass is 370 g/mol. The van der Waals surface area contributed by atoms with Gasteiger partial charge in [-0.05, 0) is 74.2 Å². The molecule has 1 saturated heterocycles. The molecule has 6 rings (SSSR count). The largest absolute Gasteiger partial charge is 0.458 e. The van der Waals surface area contributed by atoms with Gasteiger partial charge in [-0.15, -0.1) is 0 Å². The molecule has 1 N–H and O–H groups in total. The van der Waals surface area contributed by atoms with Crippen molar-refractivity contribution in [2.45, 2.75) is 63.9 Å². The molecule has 0 aromatic carbocycles. The van der Waals surface area contributed by atoms with E-state index in [1.807, 2.05) is 6.08 Å². The first-order valence-electron chi connectivity index (χ1n) is 11.1. The molecule has 4 nitrogen and oxygen atoms in total. The molecule has 5 unspecified atom stereocenters. The van der Waals surface area contributed by atoms with Crippen LogP contribution in [0.5, 0.6) is 0 Å². The molecule has 0 bridgehead atoms. The van der Waals surface area contributed by atoms with Crippen molar-refractivity contribution in [1.82, 2.24) is 0 Å². The van der Waals surface area contributed by atoms with Gasteiger partial charge in [-0.25, -0.2) is 0 Å². The minimum Gasteiger partial charge on any atom is -0.458 e. The van der Waals surface area contributed by atoms with E-state index in [1.165, 1.54) is 18.4 Å². The number of esters is 1. The third-order valence-corrected chi connectivity index (χ3v) is 9.83. The maximum absolute atomic E-state index is 12.1. The molecule has 1 aliphatic heterocycles. The molecule has 5 fully saturated rings. The van der Waals surface area contributed by atoms with E-state index >= 15 is 0 Å². The van der Waals surface area contributed by atoms with E-state index in [4.69, 9.17) is 4.74 Å². The van der Waals surface area contributed by atoms with Crippen LogP contribution in [0, 0.1) is 46.8 Å². The molecule has 0 aromatic heterocycles. The first-order chi connectivity index (χ1) is 13.0. The van der Waals surface area contributed by atoms with Crippen molar-refractivity contribution in [2.24, 2.45) is 46.8 Å². The zero-order valence-electron chi connectivity index (χ0n) is 16.2. The fraction of sp³-hybridized carbons (Fsp3) is 0.826. The standard InChI is InChI=1S/C23H30O4/c1-22-6-4-15-14-3-2-13(25)9-16(14)12(11-24)8-17(15)21(22)18-10-19(18)23(22)7-5-20(26)27-23/h9,12,14-15,17-19,21,24H,2-8,10-11H2,1H3/t12-,14?,15?,17?,18?,19+,21?,22-,23-/m0/s1. The molecular weight excluding hydrogens is 340 g/mol. The van der Waals surface area contributed by atoms with Gasteiger partial charge in [0.15, 0.2) is 5.78 Å². The number of aliphatic hydroxyl groups is 1. The Hall–Kier alpha value is -1.16. The van der Waals surface area contributed by atoms with Gasteiger partial charge >= 0.3 is 5.97 Å². The second kappa shape index (κ2) is 5.25. The molecule has 9 atom stereocenters. The number of hydrogen-bond donors (Lipinski definition) is 1. The third-order valence-electron chi connectivity index (χ3n) is 9.83. The highest BCUT2D eigenvalue weighted by Gasteiger charge is 2.78. The molecule has 146 valence electrons. The summed E-state index contributed by atoms with van der Waals surface area (Å²) in [5, 5.41) is 10.1. The van der Waals surface area contributed by atoms with Crippen LogP contribution in [0.15, 0.2) is 11.6 Å². The second-order valence-electron chi connectivity index (χ2n) is 10.6. The van der Waals surface area contributed by atoms with Crippen LogP contribution in [0.4, 0.5) is 0 Å². The molecular formula is C23H30O4. The SMILES string of the molecule is C[C@]12CCC3C4CCC(=O)C=C4[C@H](CO)CC3C1C1C[C@H]1[C@@]21CCC(=O)O1. The predicted octanol–water partition coefficient (Wildman–Crippen LogP) is 3.28. The predicted molar refractivity (Wildman–Crippen MR) is 98.5 cm³/mol. The number of ketones is 1. The number of carbonyl (C=O) groups is 2. The Morgan fingerprint density at radius 2 is 1.96 bits per heavy atom. The molecule has 0 aromatic rings. The molecule has 1 heterocycles. The Morgan fingerprint density at radius 1 is 1.11 bits per heavy atom. The highest BCUT2D eigenvalue weighted by molar-refractivity contribution is 5.91. The lowest BCUT2D eigenvalue weighted by atomic mass is 9.47.